The normalized spacial score (nSPS) is 15.5. The third-order valence-corrected chi connectivity index (χ3v) is 5.26. The van der Waals surface area contributed by atoms with E-state index in [1.807, 2.05) is 13.0 Å². The van der Waals surface area contributed by atoms with Crippen molar-refractivity contribution in [3.05, 3.63) is 71.3 Å². The van der Waals surface area contributed by atoms with Crippen LogP contribution in [0.4, 0.5) is 24.5 Å². The molecule has 0 saturated carbocycles. The summed E-state index contributed by atoms with van der Waals surface area (Å²) in [5.74, 6) is -1.01. The van der Waals surface area contributed by atoms with Gasteiger partial charge in [-0.1, -0.05) is 12.1 Å². The van der Waals surface area contributed by atoms with Crippen LogP contribution in [0, 0.1) is 11.3 Å². The first-order valence-electron chi connectivity index (χ1n) is 10.5. The van der Waals surface area contributed by atoms with Gasteiger partial charge in [-0.3, -0.25) is 14.3 Å². The molecular weight excluding hydrogens is 465 g/mol. The molecule has 12 heteroatoms. The maximum absolute atomic E-state index is 13.4. The zero-order valence-corrected chi connectivity index (χ0v) is 18.4. The maximum Gasteiger partial charge on any atom is 0.411 e. The third-order valence-electron chi connectivity index (χ3n) is 5.26. The van der Waals surface area contributed by atoms with Crippen molar-refractivity contribution in [2.24, 2.45) is 0 Å². The number of fused-ring (bicyclic) bond motifs is 1. The number of pyridine rings is 1. The fourth-order valence-electron chi connectivity index (χ4n) is 3.74. The van der Waals surface area contributed by atoms with Crippen molar-refractivity contribution in [3.63, 3.8) is 0 Å². The van der Waals surface area contributed by atoms with Crippen molar-refractivity contribution >= 4 is 23.2 Å². The Morgan fingerprint density at radius 3 is 2.71 bits per heavy atom. The highest BCUT2D eigenvalue weighted by Gasteiger charge is 2.36. The molecule has 35 heavy (non-hydrogen) atoms. The molecule has 180 valence electrons. The summed E-state index contributed by atoms with van der Waals surface area (Å²) in [5.41, 5.74) is 1.69. The second-order valence-electron chi connectivity index (χ2n) is 7.88. The molecule has 4 rings (SSSR count). The minimum Gasteiger partial charge on any atom is -0.367 e. The number of hydrogen-bond donors (Lipinski definition) is 1. The molecule has 0 unspecified atom stereocenters. The Morgan fingerprint density at radius 2 is 2.03 bits per heavy atom. The lowest BCUT2D eigenvalue weighted by molar-refractivity contribution is -0.176. The largest absolute Gasteiger partial charge is 0.411 e. The number of alkyl halides is 3. The second kappa shape index (κ2) is 9.55. The van der Waals surface area contributed by atoms with E-state index in [4.69, 9.17) is 5.26 Å². The van der Waals surface area contributed by atoms with Gasteiger partial charge in [0.15, 0.2) is 0 Å². The second-order valence-corrected chi connectivity index (χ2v) is 7.88. The number of carbonyl (C=O) groups excluding carboxylic acids is 2. The van der Waals surface area contributed by atoms with Gasteiger partial charge in [0.05, 0.1) is 31.0 Å². The number of benzene rings is 1. The summed E-state index contributed by atoms with van der Waals surface area (Å²) >= 11 is 0. The van der Waals surface area contributed by atoms with Gasteiger partial charge in [0, 0.05) is 17.6 Å². The van der Waals surface area contributed by atoms with Crippen LogP contribution in [0.3, 0.4) is 0 Å². The van der Waals surface area contributed by atoms with Gasteiger partial charge >= 0.3 is 6.18 Å². The number of hydrogen-bond acceptors (Lipinski definition) is 6. The Hall–Kier alpha value is -4.24. The summed E-state index contributed by atoms with van der Waals surface area (Å²) in [5, 5.41) is 15.8. The summed E-state index contributed by atoms with van der Waals surface area (Å²) < 4.78 is 42.9. The summed E-state index contributed by atoms with van der Waals surface area (Å²) in [6.45, 7) is 0.590. The topological polar surface area (TPSA) is 113 Å². The van der Waals surface area contributed by atoms with Crippen LogP contribution in [0.1, 0.15) is 39.0 Å². The lowest BCUT2D eigenvalue weighted by Gasteiger charge is -2.34. The number of carbonyl (C=O) groups is 2. The van der Waals surface area contributed by atoms with Crippen LogP contribution in [0.25, 0.3) is 0 Å². The quantitative estimate of drug-likeness (QED) is 0.573. The Morgan fingerprint density at radius 1 is 1.29 bits per heavy atom. The molecule has 9 nitrogen and oxygen atoms in total. The predicted molar refractivity (Wildman–Crippen MR) is 118 cm³/mol. The van der Waals surface area contributed by atoms with Gasteiger partial charge in [-0.2, -0.15) is 23.5 Å². The zero-order valence-electron chi connectivity index (χ0n) is 18.4. The standard InChI is InChI=1S/C23H19F3N6O3/c1-14-11-31-20(19(10-29-31)21(33)30-16-6-7-28-17(8-16)9-27)22(34)32(14)18-4-2-15(3-5-18)12-35-13-23(24,25)26/h2-8,10,14H,11-13H2,1H3,(H,28,30,33)/t14-/m0/s1. The van der Waals surface area contributed by atoms with Gasteiger partial charge < -0.3 is 15.0 Å². The molecule has 0 spiro atoms. The van der Waals surface area contributed by atoms with Gasteiger partial charge in [-0.05, 0) is 36.8 Å². The summed E-state index contributed by atoms with van der Waals surface area (Å²) in [6, 6.07) is 10.9. The smallest absolute Gasteiger partial charge is 0.367 e. The van der Waals surface area contributed by atoms with Crippen molar-refractivity contribution < 1.29 is 27.5 Å². The SMILES string of the molecule is C[C@H]1Cn2ncc(C(=O)Nc3ccnc(C#N)c3)c2C(=O)N1c1ccc(COCC(F)(F)F)cc1. The van der Waals surface area contributed by atoms with Crippen molar-refractivity contribution in [2.75, 3.05) is 16.8 Å². The minimum absolute atomic E-state index is 0.0689. The van der Waals surface area contributed by atoms with Crippen LogP contribution in [0.15, 0.2) is 48.8 Å². The third kappa shape index (κ3) is 5.30. The van der Waals surface area contributed by atoms with E-state index < -0.39 is 24.6 Å². The van der Waals surface area contributed by atoms with Crippen LogP contribution in [0.2, 0.25) is 0 Å². The number of rotatable bonds is 6. The number of aromatic nitrogens is 3. The van der Waals surface area contributed by atoms with E-state index in [-0.39, 0.29) is 29.6 Å². The molecule has 0 radical (unpaired) electrons. The van der Waals surface area contributed by atoms with E-state index in [1.54, 1.807) is 24.3 Å². The lowest BCUT2D eigenvalue weighted by Crippen LogP contribution is -2.47. The first kappa shape index (κ1) is 23.9. The number of amides is 2. The van der Waals surface area contributed by atoms with Crippen molar-refractivity contribution in [3.8, 4) is 6.07 Å². The average molecular weight is 484 g/mol. The molecule has 3 aromatic rings. The molecule has 0 fully saturated rings. The highest BCUT2D eigenvalue weighted by molar-refractivity contribution is 6.15. The first-order valence-corrected chi connectivity index (χ1v) is 10.5. The highest BCUT2D eigenvalue weighted by atomic mass is 19.4. The van der Waals surface area contributed by atoms with Crippen LogP contribution in [-0.4, -0.2) is 45.4 Å². The lowest BCUT2D eigenvalue weighted by atomic mass is 10.1. The van der Waals surface area contributed by atoms with E-state index >= 15 is 0 Å². The van der Waals surface area contributed by atoms with Crippen molar-refractivity contribution in [1.82, 2.24) is 14.8 Å². The van der Waals surface area contributed by atoms with Crippen molar-refractivity contribution in [1.29, 1.82) is 5.26 Å². The maximum atomic E-state index is 13.4. The summed E-state index contributed by atoms with van der Waals surface area (Å²) in [6.07, 6.45) is -1.71. The Kier molecular flexibility index (Phi) is 6.52. The monoisotopic (exact) mass is 484 g/mol. The Balaban J connectivity index is 1.53. The molecule has 0 saturated heterocycles. The zero-order chi connectivity index (χ0) is 25.2. The van der Waals surface area contributed by atoms with Crippen LogP contribution in [0.5, 0.6) is 0 Å². The number of nitrogens with one attached hydrogen (secondary N) is 1. The number of nitriles is 1. The molecule has 2 amide bonds. The average Bonchev–Trinajstić information content (AvgIpc) is 3.23. The van der Waals surface area contributed by atoms with Gasteiger partial charge in [0.25, 0.3) is 11.8 Å². The summed E-state index contributed by atoms with van der Waals surface area (Å²) in [7, 11) is 0. The Bertz CT molecular complexity index is 1300. The van der Waals surface area contributed by atoms with E-state index in [1.165, 1.54) is 34.1 Å². The number of halogens is 3. The van der Waals surface area contributed by atoms with Gasteiger partial charge in [0.2, 0.25) is 0 Å². The Labute approximate surface area is 197 Å². The minimum atomic E-state index is -4.40. The van der Waals surface area contributed by atoms with Crippen LogP contribution >= 0.6 is 0 Å². The number of nitrogens with zero attached hydrogens (tertiary/aromatic N) is 5. The molecular formula is C23H19F3N6O3. The molecule has 1 aromatic carbocycles. The van der Waals surface area contributed by atoms with Gasteiger partial charge in [-0.25, -0.2) is 4.98 Å². The van der Waals surface area contributed by atoms with Crippen molar-refractivity contribution in [2.45, 2.75) is 32.3 Å². The number of ether oxygens (including phenoxy) is 1. The molecule has 1 aliphatic heterocycles. The fourth-order valence-corrected chi connectivity index (χ4v) is 3.74. The van der Waals surface area contributed by atoms with Crippen LogP contribution < -0.4 is 10.2 Å². The molecule has 1 N–H and O–H groups in total. The number of anilines is 2. The molecule has 0 aliphatic carbocycles. The highest BCUT2D eigenvalue weighted by Crippen LogP contribution is 2.28. The first-order chi connectivity index (χ1) is 16.7. The molecule has 0 bridgehead atoms. The van der Waals surface area contributed by atoms with Crippen LogP contribution in [-0.2, 0) is 17.9 Å². The van der Waals surface area contributed by atoms with Gasteiger partial charge in [-0.15, -0.1) is 0 Å². The molecule has 2 aromatic heterocycles. The van der Waals surface area contributed by atoms with E-state index in [2.05, 4.69) is 20.1 Å². The van der Waals surface area contributed by atoms with E-state index in [0.29, 0.717) is 23.5 Å². The molecule has 3 heterocycles. The predicted octanol–water partition coefficient (Wildman–Crippen LogP) is 3.53. The summed E-state index contributed by atoms with van der Waals surface area (Å²) in [4.78, 5) is 31.7. The van der Waals surface area contributed by atoms with Gasteiger partial charge in [0.1, 0.15) is 24.1 Å². The fraction of sp³-hybridized carbons (Fsp3) is 0.261. The van der Waals surface area contributed by atoms with E-state index in [9.17, 15) is 22.8 Å². The molecule has 1 aliphatic rings. The molecule has 1 atom stereocenters. The van der Waals surface area contributed by atoms with E-state index in [0.717, 1.165) is 0 Å².